The van der Waals surface area contributed by atoms with Gasteiger partial charge in [0.15, 0.2) is 0 Å². The van der Waals surface area contributed by atoms with Crippen LogP contribution in [0.25, 0.3) is 0 Å². The number of nitrogens with zero attached hydrogens (tertiary/aromatic N) is 4. The minimum atomic E-state index is -0.767. The molecule has 2 aromatic rings. The van der Waals surface area contributed by atoms with E-state index in [9.17, 15) is 14.4 Å². The van der Waals surface area contributed by atoms with Gasteiger partial charge in [0, 0.05) is 31.0 Å². The number of hydrogen-bond acceptors (Lipinski definition) is 6. The molecule has 9 heteroatoms. The van der Waals surface area contributed by atoms with E-state index in [4.69, 9.17) is 10.5 Å². The molecule has 1 aromatic carbocycles. The highest BCUT2D eigenvalue weighted by molar-refractivity contribution is 5.96. The zero-order valence-corrected chi connectivity index (χ0v) is 18.7. The molecular formula is C23H29N5O4. The first kappa shape index (κ1) is 22.0. The second-order valence-corrected chi connectivity index (χ2v) is 9.27. The minimum Gasteiger partial charge on any atom is -0.443 e. The number of carbonyl (C=O) groups is 3. The number of aldehydes is 1. The summed E-state index contributed by atoms with van der Waals surface area (Å²) in [6, 6.07) is 6.96. The maximum atomic E-state index is 13.1. The molecule has 9 nitrogen and oxygen atoms in total. The number of fused-ring (bicyclic) bond motifs is 1. The highest BCUT2D eigenvalue weighted by Gasteiger charge is 2.37. The van der Waals surface area contributed by atoms with E-state index in [1.54, 1.807) is 28.1 Å². The molecule has 0 saturated carbocycles. The molecule has 2 aliphatic heterocycles. The second kappa shape index (κ2) is 8.38. The largest absolute Gasteiger partial charge is 0.443 e. The summed E-state index contributed by atoms with van der Waals surface area (Å²) in [7, 11) is 0. The van der Waals surface area contributed by atoms with Crippen molar-refractivity contribution in [3.8, 4) is 0 Å². The molecule has 1 unspecified atom stereocenters. The molecule has 1 saturated heterocycles. The molecule has 2 atom stereocenters. The molecule has 0 aliphatic carbocycles. The first-order chi connectivity index (χ1) is 15.2. The van der Waals surface area contributed by atoms with Crippen LogP contribution in [0.15, 0.2) is 30.5 Å². The quantitative estimate of drug-likeness (QED) is 0.715. The lowest BCUT2D eigenvalue weighted by molar-refractivity contribution is -0.117. The van der Waals surface area contributed by atoms with Gasteiger partial charge in [0.2, 0.25) is 5.91 Å². The first-order valence-corrected chi connectivity index (χ1v) is 10.8. The van der Waals surface area contributed by atoms with E-state index in [0.29, 0.717) is 43.7 Å². The van der Waals surface area contributed by atoms with Gasteiger partial charge in [0.25, 0.3) is 0 Å². The number of amides is 2. The molecule has 170 valence electrons. The van der Waals surface area contributed by atoms with E-state index < -0.39 is 11.7 Å². The summed E-state index contributed by atoms with van der Waals surface area (Å²) in [6.45, 7) is 6.92. The zero-order valence-electron chi connectivity index (χ0n) is 18.7. The molecule has 0 spiro atoms. The summed E-state index contributed by atoms with van der Waals surface area (Å²) in [6.07, 6.45) is 2.85. The number of ether oxygens (including phenoxy) is 1. The van der Waals surface area contributed by atoms with Crippen LogP contribution in [0.2, 0.25) is 0 Å². The summed E-state index contributed by atoms with van der Waals surface area (Å²) >= 11 is 0. The summed E-state index contributed by atoms with van der Waals surface area (Å²) in [4.78, 5) is 39.9. The van der Waals surface area contributed by atoms with Crippen molar-refractivity contribution in [2.24, 2.45) is 5.73 Å². The maximum Gasteiger partial charge on any atom is 0.410 e. The predicted octanol–water partition coefficient (Wildman–Crippen LogP) is 2.12. The SMILES string of the molecule is C[C@H]1Cn2ncc(N3CC(N)CC3=O)c2CN1C(=O)OC(C)(C)Cc1cccc(C=O)c1. The normalized spacial score (nSPS) is 20.9. The van der Waals surface area contributed by atoms with E-state index in [1.807, 2.05) is 37.6 Å². The lowest BCUT2D eigenvalue weighted by Gasteiger charge is -2.36. The molecule has 1 fully saturated rings. The Balaban J connectivity index is 1.48. The fourth-order valence-electron chi connectivity index (χ4n) is 4.42. The van der Waals surface area contributed by atoms with Gasteiger partial charge in [-0.2, -0.15) is 5.10 Å². The third-order valence-corrected chi connectivity index (χ3v) is 5.98. The van der Waals surface area contributed by atoms with Gasteiger partial charge < -0.3 is 15.4 Å². The van der Waals surface area contributed by atoms with Gasteiger partial charge in [-0.25, -0.2) is 4.79 Å². The predicted molar refractivity (Wildman–Crippen MR) is 118 cm³/mol. The van der Waals surface area contributed by atoms with Gasteiger partial charge in [-0.05, 0) is 32.4 Å². The van der Waals surface area contributed by atoms with Crippen molar-refractivity contribution in [3.63, 3.8) is 0 Å². The fourth-order valence-corrected chi connectivity index (χ4v) is 4.42. The Hall–Kier alpha value is -3.20. The summed E-state index contributed by atoms with van der Waals surface area (Å²) in [5.74, 6) is -0.0280. The molecule has 3 heterocycles. The maximum absolute atomic E-state index is 13.1. The third kappa shape index (κ3) is 4.38. The Morgan fingerprint density at radius 1 is 1.34 bits per heavy atom. The number of benzene rings is 1. The highest BCUT2D eigenvalue weighted by atomic mass is 16.6. The molecule has 0 radical (unpaired) electrons. The van der Waals surface area contributed by atoms with Crippen LogP contribution in [0.1, 0.15) is 48.8 Å². The van der Waals surface area contributed by atoms with Crippen LogP contribution in [0.5, 0.6) is 0 Å². The Kier molecular flexibility index (Phi) is 5.77. The van der Waals surface area contributed by atoms with Gasteiger partial charge in [0.1, 0.15) is 11.9 Å². The summed E-state index contributed by atoms with van der Waals surface area (Å²) < 4.78 is 7.73. The van der Waals surface area contributed by atoms with Gasteiger partial charge in [-0.1, -0.05) is 18.2 Å². The summed E-state index contributed by atoms with van der Waals surface area (Å²) in [5.41, 5.74) is 8.20. The zero-order chi connectivity index (χ0) is 23.0. The minimum absolute atomic E-state index is 0.0280. The summed E-state index contributed by atoms with van der Waals surface area (Å²) in [5, 5.41) is 4.43. The van der Waals surface area contributed by atoms with E-state index in [0.717, 1.165) is 17.5 Å². The molecule has 2 aliphatic rings. The highest BCUT2D eigenvalue weighted by Crippen LogP contribution is 2.31. The van der Waals surface area contributed by atoms with Crippen molar-refractivity contribution < 1.29 is 19.1 Å². The van der Waals surface area contributed by atoms with Crippen molar-refractivity contribution in [2.75, 3.05) is 11.4 Å². The van der Waals surface area contributed by atoms with E-state index in [2.05, 4.69) is 5.10 Å². The van der Waals surface area contributed by atoms with Crippen molar-refractivity contribution in [1.29, 1.82) is 0 Å². The van der Waals surface area contributed by atoms with Crippen LogP contribution in [0.3, 0.4) is 0 Å². The van der Waals surface area contributed by atoms with Crippen LogP contribution in [-0.2, 0) is 29.0 Å². The Bertz CT molecular complexity index is 1050. The van der Waals surface area contributed by atoms with Crippen LogP contribution >= 0.6 is 0 Å². The Morgan fingerprint density at radius 3 is 2.81 bits per heavy atom. The van der Waals surface area contributed by atoms with E-state index >= 15 is 0 Å². The number of hydrogen-bond donors (Lipinski definition) is 1. The molecule has 2 amide bonds. The van der Waals surface area contributed by atoms with Crippen molar-refractivity contribution >= 4 is 24.0 Å². The molecule has 32 heavy (non-hydrogen) atoms. The van der Waals surface area contributed by atoms with Crippen LogP contribution in [0.4, 0.5) is 10.5 Å². The van der Waals surface area contributed by atoms with Crippen molar-refractivity contribution in [3.05, 3.63) is 47.3 Å². The molecule has 1 aromatic heterocycles. The van der Waals surface area contributed by atoms with Crippen LogP contribution in [-0.4, -0.2) is 57.2 Å². The molecule has 4 rings (SSSR count). The van der Waals surface area contributed by atoms with E-state index in [1.165, 1.54) is 0 Å². The van der Waals surface area contributed by atoms with Crippen LogP contribution in [0, 0.1) is 0 Å². The fraction of sp³-hybridized carbons (Fsp3) is 0.478. The van der Waals surface area contributed by atoms with Gasteiger partial charge in [-0.3, -0.25) is 19.2 Å². The number of nitrogens with two attached hydrogens (primary N) is 1. The van der Waals surface area contributed by atoms with Crippen molar-refractivity contribution in [1.82, 2.24) is 14.7 Å². The number of anilines is 1. The number of carbonyl (C=O) groups excluding carboxylic acids is 3. The monoisotopic (exact) mass is 439 g/mol. The second-order valence-electron chi connectivity index (χ2n) is 9.27. The average Bonchev–Trinajstić information content (AvgIpc) is 3.27. The number of aromatic nitrogens is 2. The lowest BCUT2D eigenvalue weighted by atomic mass is 9.97. The average molecular weight is 440 g/mol. The Labute approximate surface area is 187 Å². The van der Waals surface area contributed by atoms with Crippen molar-refractivity contribution in [2.45, 2.75) is 64.4 Å². The molecule has 0 bridgehead atoms. The van der Waals surface area contributed by atoms with Gasteiger partial charge in [-0.15, -0.1) is 0 Å². The topological polar surface area (TPSA) is 111 Å². The smallest absolute Gasteiger partial charge is 0.410 e. The van der Waals surface area contributed by atoms with Crippen LogP contribution < -0.4 is 10.6 Å². The third-order valence-electron chi connectivity index (χ3n) is 5.98. The number of rotatable bonds is 5. The van der Waals surface area contributed by atoms with Gasteiger partial charge in [0.05, 0.1) is 36.7 Å². The first-order valence-electron chi connectivity index (χ1n) is 10.8. The lowest BCUT2D eigenvalue weighted by Crippen LogP contribution is -2.48. The van der Waals surface area contributed by atoms with E-state index in [-0.39, 0.29) is 18.0 Å². The molecule has 2 N–H and O–H groups in total. The Morgan fingerprint density at radius 2 is 2.12 bits per heavy atom. The molecular weight excluding hydrogens is 410 g/mol. The standard InChI is InChI=1S/C23H29N5O4/c1-15-11-28-20(19(10-25-28)27-12-18(24)8-21(27)30)13-26(15)22(31)32-23(2,3)9-16-5-4-6-17(7-16)14-29/h4-7,10,14-15,18H,8-9,11-13,24H2,1-3H3/t15-,18?/m0/s1. The van der Waals surface area contributed by atoms with Gasteiger partial charge >= 0.3 is 6.09 Å².